The Bertz CT molecular complexity index is 1700. The zero-order valence-electron chi connectivity index (χ0n) is 23.3. The number of carbonyl (C=O) groups is 1. The van der Waals surface area contributed by atoms with Crippen molar-refractivity contribution in [2.24, 2.45) is 11.3 Å². The van der Waals surface area contributed by atoms with Crippen LogP contribution in [0.15, 0.2) is 36.5 Å². The van der Waals surface area contributed by atoms with E-state index in [2.05, 4.69) is 15.4 Å². The molecule has 2 fully saturated rings. The zero-order valence-corrected chi connectivity index (χ0v) is 24.8. The lowest BCUT2D eigenvalue weighted by atomic mass is 9.87. The van der Waals surface area contributed by atoms with E-state index in [0.29, 0.717) is 24.9 Å². The van der Waals surface area contributed by atoms with Crippen LogP contribution in [0.2, 0.25) is 5.15 Å². The van der Waals surface area contributed by atoms with Crippen molar-refractivity contribution < 1.29 is 35.2 Å². The Morgan fingerprint density at radius 2 is 1.79 bits per heavy atom. The summed E-state index contributed by atoms with van der Waals surface area (Å²) in [4.78, 5) is 18.6. The minimum absolute atomic E-state index is 0.00452. The van der Waals surface area contributed by atoms with Crippen molar-refractivity contribution in [1.29, 1.82) is 0 Å². The van der Waals surface area contributed by atoms with Gasteiger partial charge in [0.05, 0.1) is 35.0 Å². The molecule has 15 heteroatoms. The van der Waals surface area contributed by atoms with E-state index < -0.39 is 51.1 Å². The smallest absolute Gasteiger partial charge is 0.355 e. The van der Waals surface area contributed by atoms with Crippen molar-refractivity contribution >= 4 is 44.4 Å². The maximum Gasteiger partial charge on any atom is 0.401 e. The number of carbonyl (C=O) groups excluding carboxylic acids is 1. The highest BCUT2D eigenvalue weighted by molar-refractivity contribution is 7.91. The van der Waals surface area contributed by atoms with Crippen molar-refractivity contribution in [3.05, 3.63) is 52.9 Å². The SMILES string of the molecule is C[C@@]1(C(F)(F)F)CN(c2ccc([C@H]3C(F)(F)[C@]3(C)C(=O)NCCC3CCS(=O)(=O)CC3)cc2)c2cnc3cc(Cl)nn3c21. The Labute approximate surface area is 249 Å². The first-order valence-corrected chi connectivity index (χ1v) is 16.0. The van der Waals surface area contributed by atoms with Crippen molar-refractivity contribution in [1.82, 2.24) is 19.9 Å². The number of amides is 1. The highest BCUT2D eigenvalue weighted by Crippen LogP contribution is 2.71. The molecule has 1 saturated carbocycles. The standard InChI is InChI=1S/C28H29ClF5N5O3S/c1-25(28(32,33)34)15-38(19-14-36-21-13-20(29)37-39(21)23(19)25)18-5-3-17(4-6-18)22-26(2,27(22,30)31)24(40)35-10-7-16-8-11-43(41,42)12-9-16/h3-6,13-14,16,22H,7-12,15H2,1-2H3,(H,35,40)/t22-,25-,26+/m1/s1. The lowest BCUT2D eigenvalue weighted by Gasteiger charge is -2.28. The van der Waals surface area contributed by atoms with Gasteiger partial charge in [-0.05, 0) is 56.7 Å². The van der Waals surface area contributed by atoms with Gasteiger partial charge in [-0.3, -0.25) is 4.79 Å². The summed E-state index contributed by atoms with van der Waals surface area (Å²) >= 11 is 5.96. The summed E-state index contributed by atoms with van der Waals surface area (Å²) in [7, 11) is -3.02. The second kappa shape index (κ2) is 9.75. The van der Waals surface area contributed by atoms with Crippen LogP contribution in [0.3, 0.4) is 0 Å². The second-order valence-electron chi connectivity index (χ2n) is 12.1. The Morgan fingerprint density at radius 1 is 1.14 bits per heavy atom. The van der Waals surface area contributed by atoms with E-state index in [4.69, 9.17) is 11.6 Å². The van der Waals surface area contributed by atoms with Gasteiger partial charge in [0, 0.05) is 24.8 Å². The first-order chi connectivity index (χ1) is 20.0. The molecule has 8 nitrogen and oxygen atoms in total. The van der Waals surface area contributed by atoms with Crippen molar-refractivity contribution in [2.45, 2.75) is 56.5 Å². The number of alkyl halides is 5. The summed E-state index contributed by atoms with van der Waals surface area (Å²) in [5, 5.41) is 6.62. The van der Waals surface area contributed by atoms with E-state index in [-0.39, 0.29) is 51.7 Å². The molecular formula is C28H29ClF5N5O3S. The van der Waals surface area contributed by atoms with E-state index in [9.17, 15) is 26.4 Å². The van der Waals surface area contributed by atoms with Crippen LogP contribution < -0.4 is 10.2 Å². The third kappa shape index (κ3) is 4.66. The van der Waals surface area contributed by atoms with Crippen LogP contribution in [0.1, 0.15) is 50.3 Å². The van der Waals surface area contributed by atoms with Gasteiger partial charge in [-0.25, -0.2) is 26.7 Å². The number of anilines is 2. The van der Waals surface area contributed by atoms with E-state index in [1.165, 1.54) is 48.4 Å². The molecule has 1 amide bonds. The summed E-state index contributed by atoms with van der Waals surface area (Å²) in [5.41, 5.74) is -3.60. The van der Waals surface area contributed by atoms with Gasteiger partial charge in [0.25, 0.3) is 5.92 Å². The zero-order chi connectivity index (χ0) is 31.2. The number of aromatic nitrogens is 3. The van der Waals surface area contributed by atoms with Gasteiger partial charge in [0.1, 0.15) is 20.7 Å². The number of nitrogens with zero attached hydrogens (tertiary/aromatic N) is 4. The first kappa shape index (κ1) is 30.0. The minimum Gasteiger partial charge on any atom is -0.355 e. The van der Waals surface area contributed by atoms with Gasteiger partial charge in [-0.1, -0.05) is 23.7 Å². The Morgan fingerprint density at radius 3 is 2.42 bits per heavy atom. The molecule has 4 heterocycles. The summed E-state index contributed by atoms with van der Waals surface area (Å²) in [5.74, 6) is -5.25. The van der Waals surface area contributed by atoms with Crippen LogP contribution in [-0.4, -0.2) is 65.6 Å². The average Bonchev–Trinajstić information content (AvgIpc) is 3.19. The van der Waals surface area contributed by atoms with Crippen LogP contribution >= 0.6 is 11.6 Å². The molecule has 43 heavy (non-hydrogen) atoms. The molecule has 2 aromatic heterocycles. The molecule has 0 spiro atoms. The number of fused-ring (bicyclic) bond motifs is 3. The van der Waals surface area contributed by atoms with Gasteiger partial charge < -0.3 is 10.2 Å². The molecule has 6 rings (SSSR count). The van der Waals surface area contributed by atoms with Gasteiger partial charge in [-0.15, -0.1) is 0 Å². The predicted octanol–water partition coefficient (Wildman–Crippen LogP) is 5.42. The molecule has 0 unspecified atom stereocenters. The largest absolute Gasteiger partial charge is 0.401 e. The van der Waals surface area contributed by atoms with Gasteiger partial charge in [-0.2, -0.15) is 18.3 Å². The Balaban J connectivity index is 1.20. The topological polar surface area (TPSA) is 96.7 Å². The molecule has 1 saturated heterocycles. The molecule has 3 aliphatic rings. The van der Waals surface area contributed by atoms with Crippen LogP contribution in [0, 0.1) is 11.3 Å². The molecule has 1 aromatic carbocycles. The quantitative estimate of drug-likeness (QED) is 0.360. The number of nitrogens with one attached hydrogen (secondary N) is 1. The van der Waals surface area contributed by atoms with Gasteiger partial charge in [0.2, 0.25) is 5.91 Å². The van der Waals surface area contributed by atoms with Crippen LogP contribution in [0.5, 0.6) is 0 Å². The third-order valence-corrected chi connectivity index (χ3v) is 11.3. The fourth-order valence-corrected chi connectivity index (χ4v) is 8.31. The number of hydrogen-bond donors (Lipinski definition) is 1. The molecule has 3 atom stereocenters. The van der Waals surface area contributed by atoms with E-state index in [0.717, 1.165) is 11.4 Å². The predicted molar refractivity (Wildman–Crippen MR) is 150 cm³/mol. The molecule has 232 valence electrons. The lowest BCUT2D eigenvalue weighted by molar-refractivity contribution is -0.181. The molecule has 3 aromatic rings. The number of hydrogen-bond acceptors (Lipinski definition) is 6. The Hall–Kier alpha value is -3.00. The van der Waals surface area contributed by atoms with E-state index in [1.807, 2.05) is 0 Å². The maximum absolute atomic E-state index is 15.1. The van der Waals surface area contributed by atoms with Crippen molar-refractivity contribution in [3.8, 4) is 0 Å². The first-order valence-electron chi connectivity index (χ1n) is 13.9. The molecule has 0 radical (unpaired) electrons. The van der Waals surface area contributed by atoms with Crippen molar-refractivity contribution in [3.63, 3.8) is 0 Å². The molecule has 0 bridgehead atoms. The van der Waals surface area contributed by atoms with Gasteiger partial charge >= 0.3 is 6.18 Å². The summed E-state index contributed by atoms with van der Waals surface area (Å²) in [6.45, 7) is 1.94. The number of sulfone groups is 1. The summed E-state index contributed by atoms with van der Waals surface area (Å²) in [6.07, 6.45) is -1.86. The van der Waals surface area contributed by atoms with Gasteiger partial charge in [0.15, 0.2) is 10.8 Å². The van der Waals surface area contributed by atoms with E-state index >= 15 is 8.78 Å². The Kier molecular flexibility index (Phi) is 6.81. The molecule has 1 aliphatic carbocycles. The summed E-state index contributed by atoms with van der Waals surface area (Å²) < 4.78 is 97.9. The van der Waals surface area contributed by atoms with Crippen LogP contribution in [-0.2, 0) is 20.0 Å². The van der Waals surface area contributed by atoms with Crippen LogP contribution in [0.4, 0.5) is 33.3 Å². The minimum atomic E-state index is -4.65. The highest BCUT2D eigenvalue weighted by atomic mass is 35.5. The number of halogens is 6. The number of benzene rings is 1. The fourth-order valence-electron chi connectivity index (χ4n) is 6.54. The maximum atomic E-state index is 15.1. The molecule has 2 aliphatic heterocycles. The third-order valence-electron chi connectivity index (χ3n) is 9.42. The second-order valence-corrected chi connectivity index (χ2v) is 14.8. The lowest BCUT2D eigenvalue weighted by Crippen LogP contribution is -2.43. The highest BCUT2D eigenvalue weighted by Gasteiger charge is 2.82. The van der Waals surface area contributed by atoms with E-state index in [1.54, 1.807) is 0 Å². The molecule has 1 N–H and O–H groups in total. The normalized spacial score (nSPS) is 28.2. The van der Waals surface area contributed by atoms with Crippen molar-refractivity contribution in [2.75, 3.05) is 29.5 Å². The monoisotopic (exact) mass is 645 g/mol. The van der Waals surface area contributed by atoms with Crippen LogP contribution in [0.25, 0.3) is 5.65 Å². The average molecular weight is 646 g/mol. The summed E-state index contributed by atoms with van der Waals surface area (Å²) in [6, 6.07) is 7.11. The molecular weight excluding hydrogens is 617 g/mol. The number of rotatable bonds is 6. The fraction of sp³-hybridized carbons (Fsp3) is 0.536.